The van der Waals surface area contributed by atoms with Gasteiger partial charge in [0.2, 0.25) is 5.91 Å². The van der Waals surface area contributed by atoms with E-state index in [0.717, 1.165) is 35.1 Å². The maximum Gasteiger partial charge on any atom is 0.233 e. The zero-order valence-electron chi connectivity index (χ0n) is 16.9. The molecule has 150 valence electrons. The van der Waals surface area contributed by atoms with Crippen molar-refractivity contribution in [3.05, 3.63) is 60.7 Å². The minimum Gasteiger partial charge on any atom is -0.337 e. The summed E-state index contributed by atoms with van der Waals surface area (Å²) in [5.41, 5.74) is 1.99. The van der Waals surface area contributed by atoms with E-state index in [1.165, 1.54) is 18.2 Å². The Hall–Kier alpha value is -2.60. The van der Waals surface area contributed by atoms with Gasteiger partial charge in [-0.15, -0.1) is 10.2 Å². The standard InChI is InChI=1S/C23H26N4OS/c1-17-10-9-11-18(2)26(17)21(28)16-29-23-25-24-22(19-12-5-3-6-13-19)27(23)20-14-7-4-8-15-20/h3-8,12-15,17-18H,9-11,16H2,1-2H3. The van der Waals surface area contributed by atoms with E-state index in [2.05, 4.69) is 28.9 Å². The molecule has 0 spiro atoms. The van der Waals surface area contributed by atoms with Crippen LogP contribution in [0.4, 0.5) is 0 Å². The second kappa shape index (κ2) is 8.82. The molecule has 3 aromatic rings. The van der Waals surface area contributed by atoms with Crippen molar-refractivity contribution in [1.29, 1.82) is 0 Å². The normalized spacial score (nSPS) is 19.3. The Labute approximate surface area is 176 Å². The number of likely N-dealkylation sites (tertiary alicyclic amines) is 1. The fraction of sp³-hybridized carbons (Fsp3) is 0.348. The van der Waals surface area contributed by atoms with Crippen molar-refractivity contribution in [2.24, 2.45) is 0 Å². The summed E-state index contributed by atoms with van der Waals surface area (Å²) < 4.78 is 2.04. The maximum atomic E-state index is 13.0. The fourth-order valence-corrected chi connectivity index (χ4v) is 4.88. The van der Waals surface area contributed by atoms with Gasteiger partial charge in [0.05, 0.1) is 5.75 Å². The van der Waals surface area contributed by atoms with Gasteiger partial charge in [0.25, 0.3) is 0 Å². The van der Waals surface area contributed by atoms with Gasteiger partial charge < -0.3 is 4.90 Å². The number of thioether (sulfide) groups is 1. The van der Waals surface area contributed by atoms with Crippen LogP contribution in [0, 0.1) is 0 Å². The Balaban J connectivity index is 1.61. The predicted octanol–water partition coefficient (Wildman–Crippen LogP) is 4.82. The molecule has 1 aliphatic rings. The van der Waals surface area contributed by atoms with Gasteiger partial charge >= 0.3 is 0 Å². The van der Waals surface area contributed by atoms with E-state index in [4.69, 9.17) is 0 Å². The highest BCUT2D eigenvalue weighted by Gasteiger charge is 2.29. The average Bonchev–Trinajstić information content (AvgIpc) is 3.17. The molecule has 0 bridgehead atoms. The molecular formula is C23H26N4OS. The molecule has 2 heterocycles. The van der Waals surface area contributed by atoms with Crippen molar-refractivity contribution in [2.75, 3.05) is 5.75 Å². The summed E-state index contributed by atoms with van der Waals surface area (Å²) in [5, 5.41) is 9.62. The van der Waals surface area contributed by atoms with Gasteiger partial charge in [0, 0.05) is 23.3 Å². The molecule has 1 amide bonds. The van der Waals surface area contributed by atoms with Gasteiger partial charge in [0.15, 0.2) is 11.0 Å². The van der Waals surface area contributed by atoms with Crippen molar-refractivity contribution >= 4 is 17.7 Å². The molecule has 1 aromatic heterocycles. The number of carbonyl (C=O) groups excluding carboxylic acids is 1. The Morgan fingerprint density at radius 2 is 1.59 bits per heavy atom. The van der Waals surface area contributed by atoms with Gasteiger partial charge in [-0.1, -0.05) is 60.3 Å². The summed E-state index contributed by atoms with van der Waals surface area (Å²) in [7, 11) is 0. The minimum absolute atomic E-state index is 0.179. The molecule has 5 nitrogen and oxygen atoms in total. The lowest BCUT2D eigenvalue weighted by atomic mass is 9.98. The van der Waals surface area contributed by atoms with Gasteiger partial charge in [-0.25, -0.2) is 0 Å². The zero-order chi connectivity index (χ0) is 20.2. The van der Waals surface area contributed by atoms with Crippen LogP contribution in [0.25, 0.3) is 17.1 Å². The Morgan fingerprint density at radius 1 is 0.966 bits per heavy atom. The lowest BCUT2D eigenvalue weighted by Gasteiger charge is -2.39. The lowest BCUT2D eigenvalue weighted by Crippen LogP contribution is -2.48. The van der Waals surface area contributed by atoms with E-state index in [9.17, 15) is 4.79 Å². The topological polar surface area (TPSA) is 51.0 Å². The number of rotatable bonds is 5. The SMILES string of the molecule is CC1CCCC(C)N1C(=O)CSc1nnc(-c2ccccc2)n1-c1ccccc1. The average molecular weight is 407 g/mol. The van der Waals surface area contributed by atoms with E-state index in [0.29, 0.717) is 17.8 Å². The van der Waals surface area contributed by atoms with Crippen LogP contribution in [0.2, 0.25) is 0 Å². The number of carbonyl (C=O) groups is 1. The molecule has 1 aliphatic heterocycles. The molecular weight excluding hydrogens is 380 g/mol. The second-order valence-electron chi connectivity index (χ2n) is 7.56. The third kappa shape index (κ3) is 4.22. The number of nitrogens with zero attached hydrogens (tertiary/aromatic N) is 4. The van der Waals surface area contributed by atoms with Crippen molar-refractivity contribution in [3.8, 4) is 17.1 Å². The van der Waals surface area contributed by atoms with Crippen LogP contribution in [0.3, 0.4) is 0 Å². The molecule has 1 fully saturated rings. The summed E-state index contributed by atoms with van der Waals surface area (Å²) in [6.07, 6.45) is 3.36. The van der Waals surface area contributed by atoms with Gasteiger partial charge in [-0.3, -0.25) is 9.36 Å². The highest BCUT2D eigenvalue weighted by atomic mass is 32.2. The molecule has 2 atom stereocenters. The molecule has 6 heteroatoms. The highest BCUT2D eigenvalue weighted by Crippen LogP contribution is 2.29. The van der Waals surface area contributed by atoms with Crippen molar-refractivity contribution in [2.45, 2.75) is 50.4 Å². The van der Waals surface area contributed by atoms with Crippen molar-refractivity contribution in [1.82, 2.24) is 19.7 Å². The number of para-hydroxylation sites is 1. The first-order valence-electron chi connectivity index (χ1n) is 10.2. The minimum atomic E-state index is 0.179. The third-order valence-corrected chi connectivity index (χ3v) is 6.40. The molecule has 2 aromatic carbocycles. The Kier molecular flexibility index (Phi) is 6.00. The van der Waals surface area contributed by atoms with E-state index < -0.39 is 0 Å². The summed E-state index contributed by atoms with van der Waals surface area (Å²) in [4.78, 5) is 15.0. The third-order valence-electron chi connectivity index (χ3n) is 5.49. The first kappa shape index (κ1) is 19.7. The molecule has 2 unspecified atom stereocenters. The van der Waals surface area contributed by atoms with Crippen LogP contribution in [0.1, 0.15) is 33.1 Å². The molecule has 0 radical (unpaired) electrons. The van der Waals surface area contributed by atoms with E-state index in [-0.39, 0.29) is 5.91 Å². The quantitative estimate of drug-likeness (QED) is 0.570. The summed E-state index contributed by atoms with van der Waals surface area (Å²) >= 11 is 1.46. The zero-order valence-corrected chi connectivity index (χ0v) is 17.7. The smallest absolute Gasteiger partial charge is 0.233 e. The summed E-state index contributed by atoms with van der Waals surface area (Å²) in [6, 6.07) is 20.7. The molecule has 1 saturated heterocycles. The number of hydrogen-bond acceptors (Lipinski definition) is 4. The fourth-order valence-electron chi connectivity index (χ4n) is 4.06. The summed E-state index contributed by atoms with van der Waals surface area (Å²) in [5.74, 6) is 1.33. The predicted molar refractivity (Wildman–Crippen MR) is 117 cm³/mol. The van der Waals surface area contributed by atoms with Crippen LogP contribution < -0.4 is 0 Å². The molecule has 0 N–H and O–H groups in total. The summed E-state index contributed by atoms with van der Waals surface area (Å²) in [6.45, 7) is 4.30. The van der Waals surface area contributed by atoms with Gasteiger partial charge in [-0.05, 0) is 45.2 Å². The largest absolute Gasteiger partial charge is 0.337 e. The van der Waals surface area contributed by atoms with Crippen LogP contribution in [0.15, 0.2) is 65.8 Å². The van der Waals surface area contributed by atoms with Gasteiger partial charge in [-0.2, -0.15) is 0 Å². The maximum absolute atomic E-state index is 13.0. The molecule has 4 rings (SSSR count). The van der Waals surface area contributed by atoms with Crippen LogP contribution >= 0.6 is 11.8 Å². The number of aromatic nitrogens is 3. The first-order chi connectivity index (χ1) is 14.1. The lowest BCUT2D eigenvalue weighted by molar-refractivity contribution is -0.134. The van der Waals surface area contributed by atoms with Crippen molar-refractivity contribution in [3.63, 3.8) is 0 Å². The van der Waals surface area contributed by atoms with Crippen LogP contribution in [-0.4, -0.2) is 43.4 Å². The number of piperidine rings is 1. The van der Waals surface area contributed by atoms with Crippen LogP contribution in [-0.2, 0) is 4.79 Å². The van der Waals surface area contributed by atoms with Crippen molar-refractivity contribution < 1.29 is 4.79 Å². The molecule has 0 aliphatic carbocycles. The first-order valence-corrected chi connectivity index (χ1v) is 11.1. The Bertz CT molecular complexity index is 948. The Morgan fingerprint density at radius 3 is 2.24 bits per heavy atom. The van der Waals surface area contributed by atoms with E-state index in [1.54, 1.807) is 0 Å². The number of benzene rings is 2. The van der Waals surface area contributed by atoms with Gasteiger partial charge in [0.1, 0.15) is 0 Å². The number of hydrogen-bond donors (Lipinski definition) is 0. The van der Waals surface area contributed by atoms with Crippen LogP contribution in [0.5, 0.6) is 0 Å². The van der Waals surface area contributed by atoms with E-state index >= 15 is 0 Å². The molecule has 0 saturated carbocycles. The monoisotopic (exact) mass is 406 g/mol. The highest BCUT2D eigenvalue weighted by molar-refractivity contribution is 7.99. The number of amides is 1. The molecule has 29 heavy (non-hydrogen) atoms. The second-order valence-corrected chi connectivity index (χ2v) is 8.50. The van der Waals surface area contributed by atoms with E-state index in [1.807, 2.05) is 65.2 Å².